The Hall–Kier alpha value is -0.0400. The monoisotopic (exact) mass is 225 g/mol. The molecule has 0 saturated heterocycles. The maximum absolute atomic E-state index is 3.86. The van der Waals surface area contributed by atoms with Gasteiger partial charge in [-0.1, -0.05) is 40.0 Å². The van der Waals surface area contributed by atoms with Gasteiger partial charge in [0.1, 0.15) is 0 Å². The predicted octanol–water partition coefficient (Wildman–Crippen LogP) is 4.37. The van der Waals surface area contributed by atoms with Crippen LogP contribution in [0.1, 0.15) is 72.6 Å². The van der Waals surface area contributed by atoms with Crippen LogP contribution in [0.4, 0.5) is 0 Å². The molecule has 1 rings (SSSR count). The molecule has 0 bridgehead atoms. The molecule has 1 heteroatoms. The summed E-state index contributed by atoms with van der Waals surface area (Å²) >= 11 is 0. The third-order valence-electron chi connectivity index (χ3n) is 4.04. The van der Waals surface area contributed by atoms with E-state index in [-0.39, 0.29) is 0 Å². The number of hydrogen-bond donors (Lipinski definition) is 1. The van der Waals surface area contributed by atoms with Gasteiger partial charge in [0.15, 0.2) is 0 Å². The SMILES string of the molecule is CC(C)CCC(C)NC1CCCCCC1C. The van der Waals surface area contributed by atoms with Crippen molar-refractivity contribution < 1.29 is 0 Å². The molecule has 1 N–H and O–H groups in total. The van der Waals surface area contributed by atoms with Crippen molar-refractivity contribution in [3.05, 3.63) is 0 Å². The molecular weight excluding hydrogens is 194 g/mol. The second kappa shape index (κ2) is 7.32. The molecule has 0 radical (unpaired) electrons. The Kier molecular flexibility index (Phi) is 6.41. The summed E-state index contributed by atoms with van der Waals surface area (Å²) in [6.07, 6.45) is 9.83. The molecule has 3 atom stereocenters. The van der Waals surface area contributed by atoms with Crippen molar-refractivity contribution in [3.63, 3.8) is 0 Å². The van der Waals surface area contributed by atoms with Gasteiger partial charge in [0.2, 0.25) is 0 Å². The van der Waals surface area contributed by atoms with E-state index in [0.29, 0.717) is 6.04 Å². The Morgan fingerprint density at radius 2 is 1.69 bits per heavy atom. The van der Waals surface area contributed by atoms with E-state index in [2.05, 4.69) is 33.0 Å². The molecule has 16 heavy (non-hydrogen) atoms. The van der Waals surface area contributed by atoms with E-state index in [9.17, 15) is 0 Å². The highest BCUT2D eigenvalue weighted by Crippen LogP contribution is 2.23. The van der Waals surface area contributed by atoms with Crippen molar-refractivity contribution in [2.24, 2.45) is 11.8 Å². The Morgan fingerprint density at radius 3 is 2.38 bits per heavy atom. The van der Waals surface area contributed by atoms with Gasteiger partial charge in [-0.15, -0.1) is 0 Å². The van der Waals surface area contributed by atoms with Crippen LogP contribution in [0.2, 0.25) is 0 Å². The minimum Gasteiger partial charge on any atom is -0.311 e. The van der Waals surface area contributed by atoms with Crippen LogP contribution < -0.4 is 5.32 Å². The summed E-state index contributed by atoms with van der Waals surface area (Å²) in [6, 6.07) is 1.48. The van der Waals surface area contributed by atoms with E-state index in [1.165, 1.54) is 44.9 Å². The molecule has 0 aromatic rings. The van der Waals surface area contributed by atoms with Gasteiger partial charge in [0.05, 0.1) is 0 Å². The van der Waals surface area contributed by atoms with Crippen molar-refractivity contribution in [1.82, 2.24) is 5.32 Å². The topological polar surface area (TPSA) is 12.0 Å². The Labute approximate surface area is 102 Å². The Bertz CT molecular complexity index is 176. The van der Waals surface area contributed by atoms with E-state index in [1.54, 1.807) is 0 Å². The lowest BCUT2D eigenvalue weighted by Crippen LogP contribution is -2.40. The quantitative estimate of drug-likeness (QED) is 0.685. The van der Waals surface area contributed by atoms with Gasteiger partial charge in [0.25, 0.3) is 0 Å². The van der Waals surface area contributed by atoms with Crippen LogP contribution in [0.15, 0.2) is 0 Å². The zero-order valence-corrected chi connectivity index (χ0v) is 11.8. The minimum absolute atomic E-state index is 0.702. The third kappa shape index (κ3) is 5.34. The van der Waals surface area contributed by atoms with Gasteiger partial charge in [-0.25, -0.2) is 0 Å². The molecule has 3 unspecified atom stereocenters. The molecule has 0 aromatic carbocycles. The second-order valence-electron chi connectivity index (χ2n) is 6.26. The maximum Gasteiger partial charge on any atom is 0.00951 e. The fraction of sp³-hybridized carbons (Fsp3) is 1.00. The van der Waals surface area contributed by atoms with Gasteiger partial charge >= 0.3 is 0 Å². The zero-order chi connectivity index (χ0) is 12.0. The van der Waals surface area contributed by atoms with Crippen LogP contribution in [0.3, 0.4) is 0 Å². The summed E-state index contributed by atoms with van der Waals surface area (Å²) < 4.78 is 0. The summed E-state index contributed by atoms with van der Waals surface area (Å²) in [5.41, 5.74) is 0. The van der Waals surface area contributed by atoms with Gasteiger partial charge in [-0.2, -0.15) is 0 Å². The highest BCUT2D eigenvalue weighted by atomic mass is 14.9. The van der Waals surface area contributed by atoms with E-state index in [0.717, 1.165) is 17.9 Å². The summed E-state index contributed by atoms with van der Waals surface area (Å²) in [6.45, 7) is 9.43. The molecule has 1 saturated carbocycles. The smallest absolute Gasteiger partial charge is 0.00951 e. The number of hydrogen-bond acceptors (Lipinski definition) is 1. The molecule has 1 nitrogen and oxygen atoms in total. The van der Waals surface area contributed by atoms with Crippen molar-refractivity contribution >= 4 is 0 Å². The van der Waals surface area contributed by atoms with E-state index < -0.39 is 0 Å². The minimum atomic E-state index is 0.702. The fourth-order valence-corrected chi connectivity index (χ4v) is 2.77. The molecule has 0 aromatic heterocycles. The van der Waals surface area contributed by atoms with Crippen LogP contribution in [0.25, 0.3) is 0 Å². The molecule has 0 heterocycles. The van der Waals surface area contributed by atoms with Gasteiger partial charge in [-0.3, -0.25) is 0 Å². The first-order chi connectivity index (χ1) is 7.59. The van der Waals surface area contributed by atoms with Crippen molar-refractivity contribution in [2.45, 2.75) is 84.7 Å². The average molecular weight is 225 g/mol. The number of rotatable bonds is 5. The fourth-order valence-electron chi connectivity index (χ4n) is 2.77. The molecule has 1 aliphatic carbocycles. The van der Waals surface area contributed by atoms with Crippen LogP contribution in [0, 0.1) is 11.8 Å². The van der Waals surface area contributed by atoms with Crippen LogP contribution in [-0.2, 0) is 0 Å². The largest absolute Gasteiger partial charge is 0.311 e. The Balaban J connectivity index is 2.27. The molecule has 0 aliphatic heterocycles. The maximum atomic E-state index is 3.86. The van der Waals surface area contributed by atoms with E-state index in [1.807, 2.05) is 0 Å². The summed E-state index contributed by atoms with van der Waals surface area (Å²) in [7, 11) is 0. The third-order valence-corrected chi connectivity index (χ3v) is 4.04. The lowest BCUT2D eigenvalue weighted by Gasteiger charge is -2.27. The van der Waals surface area contributed by atoms with Crippen molar-refractivity contribution in [3.8, 4) is 0 Å². The zero-order valence-electron chi connectivity index (χ0n) is 11.8. The molecule has 1 fully saturated rings. The highest BCUT2D eigenvalue weighted by Gasteiger charge is 2.20. The molecular formula is C15H31N. The summed E-state index contributed by atoms with van der Waals surface area (Å²) in [4.78, 5) is 0. The molecule has 1 aliphatic rings. The first kappa shape index (κ1) is 14.0. The Morgan fingerprint density at radius 1 is 1.00 bits per heavy atom. The normalized spacial score (nSPS) is 29.1. The lowest BCUT2D eigenvalue weighted by molar-refractivity contribution is 0.312. The highest BCUT2D eigenvalue weighted by molar-refractivity contribution is 4.79. The first-order valence-corrected chi connectivity index (χ1v) is 7.35. The summed E-state index contributed by atoms with van der Waals surface area (Å²) in [5.74, 6) is 1.72. The molecule has 96 valence electrons. The predicted molar refractivity (Wildman–Crippen MR) is 72.7 cm³/mol. The average Bonchev–Trinajstić information content (AvgIpc) is 2.42. The van der Waals surface area contributed by atoms with Crippen LogP contribution in [0.5, 0.6) is 0 Å². The first-order valence-electron chi connectivity index (χ1n) is 7.35. The van der Waals surface area contributed by atoms with Crippen LogP contribution in [-0.4, -0.2) is 12.1 Å². The lowest BCUT2D eigenvalue weighted by atomic mass is 9.95. The standard InChI is InChI=1S/C15H31N/c1-12(2)10-11-14(4)16-15-9-7-5-6-8-13(15)3/h12-16H,5-11H2,1-4H3. The van der Waals surface area contributed by atoms with Gasteiger partial charge < -0.3 is 5.32 Å². The molecule has 0 spiro atoms. The molecule has 0 amide bonds. The second-order valence-corrected chi connectivity index (χ2v) is 6.26. The number of nitrogens with one attached hydrogen (secondary N) is 1. The summed E-state index contributed by atoms with van der Waals surface area (Å²) in [5, 5.41) is 3.86. The van der Waals surface area contributed by atoms with Crippen LogP contribution >= 0.6 is 0 Å². The van der Waals surface area contributed by atoms with Crippen molar-refractivity contribution in [2.75, 3.05) is 0 Å². The van der Waals surface area contributed by atoms with E-state index >= 15 is 0 Å². The van der Waals surface area contributed by atoms with Gasteiger partial charge in [-0.05, 0) is 44.4 Å². The van der Waals surface area contributed by atoms with Crippen molar-refractivity contribution in [1.29, 1.82) is 0 Å². The van der Waals surface area contributed by atoms with E-state index in [4.69, 9.17) is 0 Å². The van der Waals surface area contributed by atoms with Gasteiger partial charge in [0, 0.05) is 12.1 Å².